The quantitative estimate of drug-likeness (QED) is 0.430. The molecule has 0 aliphatic rings. The van der Waals surface area contributed by atoms with Gasteiger partial charge in [-0.05, 0) is 43.3 Å². The zero-order valence-corrected chi connectivity index (χ0v) is 18.6. The number of H-pyrrole nitrogens is 1. The first-order valence-corrected chi connectivity index (χ1v) is 10.1. The fourth-order valence-corrected chi connectivity index (χ4v) is 3.34. The van der Waals surface area contributed by atoms with Crippen LogP contribution < -0.4 is 14.8 Å². The Balaban J connectivity index is 1.54. The summed E-state index contributed by atoms with van der Waals surface area (Å²) in [6, 6.07) is 13.0. The molecule has 0 aliphatic heterocycles. The van der Waals surface area contributed by atoms with Crippen LogP contribution >= 0.6 is 15.9 Å². The maximum atomic E-state index is 12.8. The normalized spacial score (nSPS) is 10.7. The lowest BCUT2D eigenvalue weighted by Gasteiger charge is -2.07. The molecule has 0 saturated heterocycles. The maximum absolute atomic E-state index is 12.8. The molecule has 2 aromatic heterocycles. The molecule has 0 fully saturated rings. The van der Waals surface area contributed by atoms with Crippen molar-refractivity contribution in [3.05, 3.63) is 64.4 Å². The van der Waals surface area contributed by atoms with Gasteiger partial charge in [0.05, 0.1) is 42.9 Å². The Kier molecular flexibility index (Phi) is 5.72. The first-order valence-electron chi connectivity index (χ1n) is 9.27. The summed E-state index contributed by atoms with van der Waals surface area (Å²) in [7, 11) is 3.14. The number of ether oxygens (including phenoxy) is 2. The van der Waals surface area contributed by atoms with Crippen LogP contribution in [0.3, 0.4) is 0 Å². The van der Waals surface area contributed by atoms with Crippen LogP contribution in [-0.2, 0) is 0 Å². The molecule has 0 radical (unpaired) electrons. The summed E-state index contributed by atoms with van der Waals surface area (Å²) in [6.45, 7) is 1.83. The van der Waals surface area contributed by atoms with Gasteiger partial charge in [0, 0.05) is 10.5 Å². The molecule has 158 valence electrons. The average molecular weight is 483 g/mol. The summed E-state index contributed by atoms with van der Waals surface area (Å²) in [4.78, 5) is 17.1. The number of nitrogens with one attached hydrogen (secondary N) is 2. The van der Waals surface area contributed by atoms with E-state index >= 15 is 0 Å². The van der Waals surface area contributed by atoms with Gasteiger partial charge in [-0.1, -0.05) is 15.9 Å². The third-order valence-electron chi connectivity index (χ3n) is 4.70. The third-order valence-corrected chi connectivity index (χ3v) is 5.23. The highest BCUT2D eigenvalue weighted by atomic mass is 79.9. The fraction of sp³-hybridized carbons (Fsp3) is 0.143. The van der Waals surface area contributed by atoms with Gasteiger partial charge < -0.3 is 9.47 Å². The van der Waals surface area contributed by atoms with Gasteiger partial charge in [-0.3, -0.25) is 15.2 Å². The van der Waals surface area contributed by atoms with Crippen LogP contribution in [0.1, 0.15) is 16.1 Å². The van der Waals surface area contributed by atoms with Crippen molar-refractivity contribution in [2.24, 2.45) is 0 Å². The van der Waals surface area contributed by atoms with Crippen LogP contribution in [0.25, 0.3) is 17.1 Å². The van der Waals surface area contributed by atoms with Crippen LogP contribution in [-0.4, -0.2) is 45.1 Å². The van der Waals surface area contributed by atoms with Crippen molar-refractivity contribution >= 4 is 27.8 Å². The number of benzene rings is 2. The molecule has 0 atom stereocenters. The van der Waals surface area contributed by atoms with Gasteiger partial charge in [0.15, 0.2) is 5.82 Å². The van der Waals surface area contributed by atoms with Crippen molar-refractivity contribution in [2.45, 2.75) is 6.92 Å². The average Bonchev–Trinajstić information content (AvgIpc) is 3.40. The summed E-state index contributed by atoms with van der Waals surface area (Å²) in [6.07, 6.45) is 1.52. The van der Waals surface area contributed by atoms with E-state index in [1.54, 1.807) is 37.1 Å². The largest absolute Gasteiger partial charge is 0.497 e. The second-order valence-electron chi connectivity index (χ2n) is 6.56. The molecule has 2 aromatic carbocycles. The van der Waals surface area contributed by atoms with Crippen molar-refractivity contribution in [3.63, 3.8) is 0 Å². The van der Waals surface area contributed by atoms with Gasteiger partial charge in [0.25, 0.3) is 5.91 Å². The molecule has 0 unspecified atom stereocenters. The van der Waals surface area contributed by atoms with Crippen molar-refractivity contribution in [3.8, 4) is 28.6 Å². The van der Waals surface area contributed by atoms with E-state index in [0.29, 0.717) is 34.1 Å². The molecular formula is C21H19BrN6O3. The van der Waals surface area contributed by atoms with Crippen LogP contribution in [0.4, 0.5) is 5.95 Å². The molecule has 2 N–H and O–H groups in total. The zero-order chi connectivity index (χ0) is 22.0. The van der Waals surface area contributed by atoms with Gasteiger partial charge in [-0.15, -0.1) is 5.10 Å². The predicted molar refractivity (Wildman–Crippen MR) is 119 cm³/mol. The van der Waals surface area contributed by atoms with E-state index in [0.717, 1.165) is 10.2 Å². The number of hydrogen-bond acceptors (Lipinski definition) is 6. The van der Waals surface area contributed by atoms with Crippen molar-refractivity contribution in [1.82, 2.24) is 25.0 Å². The third kappa shape index (κ3) is 4.15. The summed E-state index contributed by atoms with van der Waals surface area (Å²) in [5.41, 5.74) is 2.67. The zero-order valence-electron chi connectivity index (χ0n) is 17.0. The minimum Gasteiger partial charge on any atom is -0.497 e. The van der Waals surface area contributed by atoms with Crippen LogP contribution in [0.2, 0.25) is 0 Å². The number of amides is 1. The molecule has 2 heterocycles. The predicted octanol–water partition coefficient (Wildman–Crippen LogP) is 4.00. The lowest BCUT2D eigenvalue weighted by atomic mass is 10.2. The molecule has 4 rings (SSSR count). The minimum atomic E-state index is -0.354. The molecule has 0 spiro atoms. The fourth-order valence-electron chi connectivity index (χ4n) is 3.08. The Labute approximate surface area is 186 Å². The first kappa shape index (κ1) is 20.6. The molecule has 0 aliphatic carbocycles. The number of carbonyl (C=O) groups is 1. The SMILES string of the molecule is COc1ccc(-c2nc(NC(=O)c3cnn(-c4ccc(Br)cc4)c3C)n[nH]2)c(OC)c1. The van der Waals surface area contributed by atoms with Gasteiger partial charge >= 0.3 is 0 Å². The summed E-state index contributed by atoms with van der Waals surface area (Å²) in [5.74, 6) is 1.48. The Hall–Kier alpha value is -3.66. The monoisotopic (exact) mass is 482 g/mol. The van der Waals surface area contributed by atoms with E-state index in [9.17, 15) is 4.79 Å². The summed E-state index contributed by atoms with van der Waals surface area (Å²) in [5, 5.41) is 14.0. The second-order valence-corrected chi connectivity index (χ2v) is 7.48. The number of nitrogens with zero attached hydrogens (tertiary/aromatic N) is 4. The smallest absolute Gasteiger partial charge is 0.261 e. The van der Waals surface area contributed by atoms with Gasteiger partial charge in [-0.2, -0.15) is 10.1 Å². The molecule has 0 bridgehead atoms. The molecule has 1 amide bonds. The standard InChI is InChI=1S/C21H19BrN6O3/c1-12-17(11-23-28(12)14-6-4-13(22)5-7-14)20(29)25-21-24-19(26-27-21)16-9-8-15(30-2)10-18(16)31-3/h4-11H,1-3H3,(H2,24,25,26,27,29). The molecule has 31 heavy (non-hydrogen) atoms. The van der Waals surface area contributed by atoms with Crippen LogP contribution in [0, 0.1) is 6.92 Å². The van der Waals surface area contributed by atoms with E-state index in [-0.39, 0.29) is 11.9 Å². The topological polar surface area (TPSA) is 107 Å². The van der Waals surface area contributed by atoms with Crippen molar-refractivity contribution in [2.75, 3.05) is 19.5 Å². The van der Waals surface area contributed by atoms with E-state index in [4.69, 9.17) is 9.47 Å². The molecular weight excluding hydrogens is 464 g/mol. The lowest BCUT2D eigenvalue weighted by Crippen LogP contribution is -2.14. The van der Waals surface area contributed by atoms with E-state index in [1.165, 1.54) is 6.20 Å². The number of aromatic amines is 1. The number of aromatic nitrogens is 5. The molecule has 9 nitrogen and oxygen atoms in total. The van der Waals surface area contributed by atoms with Crippen molar-refractivity contribution in [1.29, 1.82) is 0 Å². The number of rotatable bonds is 6. The highest BCUT2D eigenvalue weighted by molar-refractivity contribution is 9.10. The molecule has 0 saturated carbocycles. The first-order chi connectivity index (χ1) is 15.0. The highest BCUT2D eigenvalue weighted by Crippen LogP contribution is 2.31. The lowest BCUT2D eigenvalue weighted by molar-refractivity contribution is 0.102. The molecule has 10 heteroatoms. The Morgan fingerprint density at radius 2 is 1.90 bits per heavy atom. The second kappa shape index (κ2) is 8.60. The number of methoxy groups -OCH3 is 2. The van der Waals surface area contributed by atoms with Crippen molar-refractivity contribution < 1.29 is 14.3 Å². The minimum absolute atomic E-state index is 0.147. The number of halogens is 1. The number of anilines is 1. The van der Waals surface area contributed by atoms with E-state index < -0.39 is 0 Å². The maximum Gasteiger partial charge on any atom is 0.261 e. The Morgan fingerprint density at radius 3 is 2.61 bits per heavy atom. The summed E-state index contributed by atoms with van der Waals surface area (Å²) < 4.78 is 13.3. The van der Waals surface area contributed by atoms with Gasteiger partial charge in [0.2, 0.25) is 5.95 Å². The Bertz CT molecular complexity index is 1230. The van der Waals surface area contributed by atoms with Crippen LogP contribution in [0.5, 0.6) is 11.5 Å². The van der Waals surface area contributed by atoms with E-state index in [1.807, 2.05) is 31.2 Å². The summed E-state index contributed by atoms with van der Waals surface area (Å²) >= 11 is 3.41. The van der Waals surface area contributed by atoms with Crippen LogP contribution in [0.15, 0.2) is 53.1 Å². The van der Waals surface area contributed by atoms with E-state index in [2.05, 4.69) is 41.5 Å². The highest BCUT2D eigenvalue weighted by Gasteiger charge is 2.18. The van der Waals surface area contributed by atoms with Gasteiger partial charge in [-0.25, -0.2) is 4.68 Å². The van der Waals surface area contributed by atoms with Gasteiger partial charge in [0.1, 0.15) is 11.5 Å². The number of hydrogen-bond donors (Lipinski definition) is 2. The number of carbonyl (C=O) groups excluding carboxylic acids is 1. The Morgan fingerprint density at radius 1 is 1.13 bits per heavy atom. The molecule has 4 aromatic rings.